The minimum atomic E-state index is -0.273. The van der Waals surface area contributed by atoms with E-state index in [4.69, 9.17) is 22.3 Å². The lowest BCUT2D eigenvalue weighted by Gasteiger charge is -2.08. The Morgan fingerprint density at radius 3 is 2.55 bits per heavy atom. The number of fused-ring (bicyclic) bond motifs is 1. The van der Waals surface area contributed by atoms with Crippen molar-refractivity contribution in [3.05, 3.63) is 76.3 Å². The second-order valence-corrected chi connectivity index (χ2v) is 8.60. The number of pyridine rings is 1. The van der Waals surface area contributed by atoms with Gasteiger partial charge < -0.3 is 11.1 Å². The molecule has 2 aromatic carbocycles. The zero-order valence-electron chi connectivity index (χ0n) is 15.5. The molecule has 0 bridgehead atoms. The summed E-state index contributed by atoms with van der Waals surface area (Å²) in [6.45, 7) is 0. The molecular formula is C23H18ClN3OS. The average Bonchev–Trinajstić information content (AvgIpc) is 3.53. The second-order valence-electron chi connectivity index (χ2n) is 7.19. The molecule has 2 aromatic heterocycles. The third-order valence-corrected chi connectivity index (χ3v) is 6.56. The van der Waals surface area contributed by atoms with E-state index in [0.29, 0.717) is 27.2 Å². The summed E-state index contributed by atoms with van der Waals surface area (Å²) in [6, 6.07) is 19.4. The summed E-state index contributed by atoms with van der Waals surface area (Å²) in [5, 5.41) is 4.20. The zero-order chi connectivity index (χ0) is 20.0. The number of rotatable bonds is 4. The van der Waals surface area contributed by atoms with Gasteiger partial charge in [0.25, 0.3) is 5.91 Å². The molecule has 6 heteroatoms. The third kappa shape index (κ3) is 3.37. The molecule has 0 spiro atoms. The van der Waals surface area contributed by atoms with Crippen LogP contribution in [0.2, 0.25) is 5.02 Å². The summed E-state index contributed by atoms with van der Waals surface area (Å²) in [5.74, 6) is 0.233. The Hall–Kier alpha value is -2.89. The number of aromatic nitrogens is 1. The highest BCUT2D eigenvalue weighted by molar-refractivity contribution is 7.21. The number of halogens is 1. The molecule has 0 saturated heterocycles. The number of nitrogen functional groups attached to an aromatic ring is 1. The molecule has 0 atom stereocenters. The van der Waals surface area contributed by atoms with Gasteiger partial charge in [-0.1, -0.05) is 54.1 Å². The van der Waals surface area contributed by atoms with Crippen molar-refractivity contribution < 1.29 is 4.79 Å². The van der Waals surface area contributed by atoms with E-state index in [9.17, 15) is 4.79 Å². The molecule has 3 N–H and O–H groups in total. The van der Waals surface area contributed by atoms with Crippen molar-refractivity contribution in [2.24, 2.45) is 0 Å². The van der Waals surface area contributed by atoms with Crippen LogP contribution in [0.15, 0.2) is 60.7 Å². The predicted molar refractivity (Wildman–Crippen MR) is 121 cm³/mol. The van der Waals surface area contributed by atoms with Gasteiger partial charge in [0.05, 0.1) is 16.4 Å². The molecule has 2 heterocycles. The van der Waals surface area contributed by atoms with E-state index in [1.54, 1.807) is 12.1 Å². The van der Waals surface area contributed by atoms with Crippen LogP contribution in [-0.4, -0.2) is 10.9 Å². The number of thiophene rings is 1. The van der Waals surface area contributed by atoms with Gasteiger partial charge in [-0.2, -0.15) is 0 Å². The summed E-state index contributed by atoms with van der Waals surface area (Å²) in [7, 11) is 0. The standard InChI is InChI=1S/C23H18ClN3OS/c24-16-8-4-5-9-17(16)26-22(28)21-20(25)19-15(13-6-2-1-3-7-13)12-18(14-10-11-14)27-23(19)29-21/h1-9,12,14H,10-11,25H2,(H,26,28). The minimum absolute atomic E-state index is 0.273. The van der Waals surface area contributed by atoms with Crippen LogP contribution < -0.4 is 11.1 Å². The van der Waals surface area contributed by atoms with Gasteiger partial charge in [0.1, 0.15) is 9.71 Å². The molecule has 1 aliphatic carbocycles. The summed E-state index contributed by atoms with van der Waals surface area (Å²) in [4.78, 5) is 19.1. The lowest BCUT2D eigenvalue weighted by atomic mass is 10.0. The maximum atomic E-state index is 13.0. The second kappa shape index (κ2) is 7.17. The molecule has 0 unspecified atom stereocenters. The molecule has 1 saturated carbocycles. The van der Waals surface area contributed by atoms with E-state index >= 15 is 0 Å². The molecule has 0 radical (unpaired) electrons. The normalized spacial score (nSPS) is 13.6. The van der Waals surface area contributed by atoms with Crippen molar-refractivity contribution in [3.8, 4) is 11.1 Å². The first-order chi connectivity index (χ1) is 14.1. The van der Waals surface area contributed by atoms with Crippen LogP contribution in [0.4, 0.5) is 11.4 Å². The maximum absolute atomic E-state index is 13.0. The predicted octanol–water partition coefficient (Wildman–Crippen LogP) is 6.33. The number of nitrogens with two attached hydrogens (primary N) is 1. The number of anilines is 2. The van der Waals surface area contributed by atoms with Crippen LogP contribution in [0.5, 0.6) is 0 Å². The summed E-state index contributed by atoms with van der Waals surface area (Å²) >= 11 is 7.52. The topological polar surface area (TPSA) is 68.0 Å². The van der Waals surface area contributed by atoms with Gasteiger partial charge in [0, 0.05) is 17.0 Å². The first kappa shape index (κ1) is 18.2. The number of nitrogens with zero attached hydrogens (tertiary/aromatic N) is 1. The number of hydrogen-bond donors (Lipinski definition) is 2. The fourth-order valence-corrected chi connectivity index (χ4v) is 4.69. The third-order valence-electron chi connectivity index (χ3n) is 5.13. The Balaban J connectivity index is 1.64. The van der Waals surface area contributed by atoms with Crippen molar-refractivity contribution in [2.45, 2.75) is 18.8 Å². The average molecular weight is 420 g/mol. The molecule has 29 heavy (non-hydrogen) atoms. The molecule has 144 valence electrons. The fraction of sp³-hybridized carbons (Fsp3) is 0.130. The summed E-state index contributed by atoms with van der Waals surface area (Å²) < 4.78 is 0. The van der Waals surface area contributed by atoms with Crippen LogP contribution >= 0.6 is 22.9 Å². The molecular weight excluding hydrogens is 402 g/mol. The number of carbonyl (C=O) groups excluding carboxylic acids is 1. The Morgan fingerprint density at radius 1 is 1.10 bits per heavy atom. The molecule has 0 aliphatic heterocycles. The van der Waals surface area contributed by atoms with Crippen molar-refractivity contribution >= 4 is 50.4 Å². The molecule has 4 nitrogen and oxygen atoms in total. The maximum Gasteiger partial charge on any atom is 0.267 e. The van der Waals surface area contributed by atoms with E-state index in [0.717, 1.165) is 39.9 Å². The molecule has 1 fully saturated rings. The van der Waals surface area contributed by atoms with E-state index in [-0.39, 0.29) is 5.91 Å². The number of carbonyl (C=O) groups is 1. The quantitative estimate of drug-likeness (QED) is 0.406. The van der Waals surface area contributed by atoms with Gasteiger partial charge in [0.2, 0.25) is 0 Å². The van der Waals surface area contributed by atoms with Gasteiger partial charge in [0.15, 0.2) is 0 Å². The summed E-state index contributed by atoms with van der Waals surface area (Å²) in [6.07, 6.45) is 2.32. The Bertz CT molecular complexity index is 1230. The lowest BCUT2D eigenvalue weighted by Crippen LogP contribution is -2.12. The first-order valence-electron chi connectivity index (χ1n) is 9.46. The van der Waals surface area contributed by atoms with Gasteiger partial charge in [-0.15, -0.1) is 11.3 Å². The zero-order valence-corrected chi connectivity index (χ0v) is 17.1. The van der Waals surface area contributed by atoms with E-state index < -0.39 is 0 Å². The number of hydrogen-bond acceptors (Lipinski definition) is 4. The van der Waals surface area contributed by atoms with Crippen molar-refractivity contribution in [3.63, 3.8) is 0 Å². The van der Waals surface area contributed by atoms with Crippen LogP contribution in [0.3, 0.4) is 0 Å². The lowest BCUT2D eigenvalue weighted by molar-refractivity contribution is 0.103. The van der Waals surface area contributed by atoms with Crippen molar-refractivity contribution in [2.75, 3.05) is 11.1 Å². The monoisotopic (exact) mass is 419 g/mol. The number of amides is 1. The highest BCUT2D eigenvalue weighted by Gasteiger charge is 2.28. The van der Waals surface area contributed by atoms with Gasteiger partial charge >= 0.3 is 0 Å². The molecule has 1 amide bonds. The van der Waals surface area contributed by atoms with E-state index in [2.05, 4.69) is 23.5 Å². The van der Waals surface area contributed by atoms with Gasteiger partial charge in [-0.25, -0.2) is 4.98 Å². The van der Waals surface area contributed by atoms with Crippen LogP contribution in [-0.2, 0) is 0 Å². The molecule has 1 aliphatic rings. The first-order valence-corrected chi connectivity index (χ1v) is 10.7. The largest absolute Gasteiger partial charge is 0.397 e. The molecule has 4 aromatic rings. The van der Waals surface area contributed by atoms with Crippen molar-refractivity contribution in [1.29, 1.82) is 0 Å². The van der Waals surface area contributed by atoms with E-state index in [1.807, 2.05) is 30.3 Å². The van der Waals surface area contributed by atoms with Gasteiger partial charge in [-0.3, -0.25) is 4.79 Å². The van der Waals surface area contributed by atoms with Gasteiger partial charge in [-0.05, 0) is 42.2 Å². The Labute approximate surface area is 177 Å². The Kier molecular flexibility index (Phi) is 4.49. The van der Waals surface area contributed by atoms with Crippen LogP contribution in [0.25, 0.3) is 21.3 Å². The Morgan fingerprint density at radius 2 is 1.83 bits per heavy atom. The number of nitrogens with one attached hydrogen (secondary N) is 1. The van der Waals surface area contributed by atoms with E-state index in [1.165, 1.54) is 11.3 Å². The highest BCUT2D eigenvalue weighted by Crippen LogP contribution is 2.45. The fourth-order valence-electron chi connectivity index (χ4n) is 3.48. The smallest absolute Gasteiger partial charge is 0.267 e. The molecule has 5 rings (SSSR count). The SMILES string of the molecule is Nc1c(C(=O)Nc2ccccc2Cl)sc2nc(C3CC3)cc(-c3ccccc3)c12. The van der Waals surface area contributed by atoms with Crippen molar-refractivity contribution in [1.82, 2.24) is 4.98 Å². The van der Waals surface area contributed by atoms with Crippen LogP contribution in [0, 0.1) is 0 Å². The highest BCUT2D eigenvalue weighted by atomic mass is 35.5. The minimum Gasteiger partial charge on any atom is -0.397 e. The number of para-hydroxylation sites is 1. The van der Waals surface area contributed by atoms with Crippen LogP contribution in [0.1, 0.15) is 34.1 Å². The summed E-state index contributed by atoms with van der Waals surface area (Å²) in [5.41, 5.74) is 10.7. The number of benzene rings is 2.